The molecule has 3 rings (SSSR count). The van der Waals surface area contributed by atoms with Crippen LogP contribution in [-0.4, -0.2) is 39.3 Å². The molecule has 1 aliphatic rings. The lowest BCUT2D eigenvalue weighted by Crippen LogP contribution is -2.30. The number of ether oxygens (including phenoxy) is 1. The van der Waals surface area contributed by atoms with Crippen LogP contribution in [0.1, 0.15) is 56.3 Å². The number of amides is 1. The van der Waals surface area contributed by atoms with Crippen molar-refractivity contribution in [2.45, 2.75) is 52.7 Å². The first kappa shape index (κ1) is 21.6. The molecule has 1 aromatic carbocycles. The number of rotatable bonds is 7. The van der Waals surface area contributed by atoms with Gasteiger partial charge in [-0.15, -0.1) is 0 Å². The molecule has 1 unspecified atom stereocenters. The zero-order chi connectivity index (χ0) is 21.8. The Hall–Kier alpha value is -3.15. The Morgan fingerprint density at radius 3 is 2.50 bits per heavy atom. The lowest BCUT2D eigenvalue weighted by Gasteiger charge is -2.25. The molecule has 0 saturated carbocycles. The van der Waals surface area contributed by atoms with E-state index in [1.807, 2.05) is 27.7 Å². The first-order chi connectivity index (χ1) is 14.3. The van der Waals surface area contributed by atoms with Crippen molar-refractivity contribution >= 4 is 17.4 Å². The third-order valence-corrected chi connectivity index (χ3v) is 5.13. The molecule has 1 aromatic heterocycles. The van der Waals surface area contributed by atoms with Crippen molar-refractivity contribution in [3.05, 3.63) is 65.0 Å². The minimum Gasteiger partial charge on any atom is -0.507 e. The number of pyridine rings is 1. The van der Waals surface area contributed by atoms with Crippen LogP contribution in [0.5, 0.6) is 5.75 Å². The number of aryl methyl sites for hydroxylation is 1. The SMILES string of the molecule is CCCCN1C(=O)C(=O)/C(=C(\O)c2ccc(OC(C)C)c(C)c2)C1c1ccncc1. The molecule has 6 nitrogen and oxygen atoms in total. The van der Waals surface area contributed by atoms with E-state index in [-0.39, 0.29) is 17.4 Å². The maximum absolute atomic E-state index is 12.9. The van der Waals surface area contributed by atoms with E-state index in [1.165, 1.54) is 0 Å². The smallest absolute Gasteiger partial charge is 0.295 e. The molecule has 0 aliphatic carbocycles. The highest BCUT2D eigenvalue weighted by Gasteiger charge is 2.45. The Morgan fingerprint density at radius 1 is 1.20 bits per heavy atom. The standard InChI is InChI=1S/C24H28N2O4/c1-5-6-13-26-21(17-9-11-25-12-10-17)20(23(28)24(26)29)22(27)18-7-8-19(16(4)14-18)30-15(2)3/h7-12,14-15,21,27H,5-6,13H2,1-4H3/b22-20-. The van der Waals surface area contributed by atoms with Crippen LogP contribution in [0.3, 0.4) is 0 Å². The van der Waals surface area contributed by atoms with Crippen LogP contribution >= 0.6 is 0 Å². The van der Waals surface area contributed by atoms with Gasteiger partial charge in [-0.05, 0) is 68.7 Å². The Bertz CT molecular complexity index is 966. The number of nitrogens with zero attached hydrogens (tertiary/aromatic N) is 2. The summed E-state index contributed by atoms with van der Waals surface area (Å²) in [5, 5.41) is 11.1. The fourth-order valence-corrected chi connectivity index (χ4v) is 3.67. The molecule has 158 valence electrons. The molecule has 1 amide bonds. The molecule has 2 heterocycles. The maximum atomic E-state index is 12.9. The Balaban J connectivity index is 2.10. The number of aliphatic hydroxyl groups excluding tert-OH is 1. The fourth-order valence-electron chi connectivity index (χ4n) is 3.67. The first-order valence-electron chi connectivity index (χ1n) is 10.3. The highest BCUT2D eigenvalue weighted by molar-refractivity contribution is 6.46. The second kappa shape index (κ2) is 9.11. The summed E-state index contributed by atoms with van der Waals surface area (Å²) < 4.78 is 5.76. The quantitative estimate of drug-likeness (QED) is 0.417. The van der Waals surface area contributed by atoms with Crippen LogP contribution in [0.15, 0.2) is 48.3 Å². The lowest BCUT2D eigenvalue weighted by molar-refractivity contribution is -0.139. The van der Waals surface area contributed by atoms with Gasteiger partial charge in [0.15, 0.2) is 0 Å². The molecule has 1 saturated heterocycles. The average molecular weight is 408 g/mol. The molecule has 0 radical (unpaired) electrons. The number of aromatic nitrogens is 1. The normalized spacial score (nSPS) is 18.3. The van der Waals surface area contributed by atoms with E-state index in [4.69, 9.17) is 4.74 Å². The zero-order valence-electron chi connectivity index (χ0n) is 17.9. The highest BCUT2D eigenvalue weighted by Crippen LogP contribution is 2.39. The topological polar surface area (TPSA) is 79.7 Å². The van der Waals surface area contributed by atoms with Crippen LogP contribution in [0.25, 0.3) is 5.76 Å². The van der Waals surface area contributed by atoms with Crippen LogP contribution < -0.4 is 4.74 Å². The Morgan fingerprint density at radius 2 is 1.90 bits per heavy atom. The summed E-state index contributed by atoms with van der Waals surface area (Å²) in [4.78, 5) is 31.3. The van der Waals surface area contributed by atoms with Crippen LogP contribution in [0.2, 0.25) is 0 Å². The van der Waals surface area contributed by atoms with E-state index in [2.05, 4.69) is 4.98 Å². The first-order valence-corrected chi connectivity index (χ1v) is 10.3. The van der Waals surface area contributed by atoms with E-state index in [0.717, 1.165) is 29.7 Å². The van der Waals surface area contributed by atoms with Gasteiger partial charge in [-0.2, -0.15) is 0 Å². The molecular weight excluding hydrogens is 380 g/mol. The molecule has 30 heavy (non-hydrogen) atoms. The van der Waals surface area contributed by atoms with E-state index in [1.54, 1.807) is 47.6 Å². The van der Waals surface area contributed by atoms with Gasteiger partial charge in [0.2, 0.25) is 0 Å². The van der Waals surface area contributed by atoms with Crippen molar-refractivity contribution in [1.29, 1.82) is 0 Å². The predicted molar refractivity (Wildman–Crippen MR) is 115 cm³/mol. The highest BCUT2D eigenvalue weighted by atomic mass is 16.5. The maximum Gasteiger partial charge on any atom is 0.295 e. The molecule has 6 heteroatoms. The summed E-state index contributed by atoms with van der Waals surface area (Å²) in [6.45, 7) is 8.25. The lowest BCUT2D eigenvalue weighted by atomic mass is 9.95. The Kier molecular flexibility index (Phi) is 6.55. The molecule has 1 atom stereocenters. The minimum atomic E-state index is -0.662. The summed E-state index contributed by atoms with van der Waals surface area (Å²) in [6, 6.07) is 8.17. The van der Waals surface area contributed by atoms with Crippen molar-refractivity contribution in [3.8, 4) is 5.75 Å². The van der Waals surface area contributed by atoms with Crippen LogP contribution in [-0.2, 0) is 9.59 Å². The number of Topliss-reactive ketones (excluding diaryl/α,β-unsaturated/α-hetero) is 1. The number of carbonyl (C=O) groups is 2. The van der Waals surface area contributed by atoms with Gasteiger partial charge in [-0.25, -0.2) is 0 Å². The summed E-state index contributed by atoms with van der Waals surface area (Å²) in [5.41, 5.74) is 2.18. The predicted octanol–water partition coefficient (Wildman–Crippen LogP) is 4.40. The number of aliphatic hydroxyl groups is 1. The van der Waals surface area contributed by atoms with E-state index >= 15 is 0 Å². The van der Waals surface area contributed by atoms with Crippen LogP contribution in [0, 0.1) is 6.92 Å². The molecule has 1 fully saturated rings. The number of unbranched alkanes of at least 4 members (excludes halogenated alkanes) is 1. The van der Waals surface area contributed by atoms with Crippen LogP contribution in [0.4, 0.5) is 0 Å². The average Bonchev–Trinajstić information content (AvgIpc) is 2.98. The van der Waals surface area contributed by atoms with Gasteiger partial charge in [0.1, 0.15) is 11.5 Å². The largest absolute Gasteiger partial charge is 0.507 e. The number of hydrogen-bond acceptors (Lipinski definition) is 5. The molecule has 0 spiro atoms. The number of likely N-dealkylation sites (tertiary alicyclic amines) is 1. The van der Waals surface area contributed by atoms with E-state index in [0.29, 0.717) is 12.1 Å². The van der Waals surface area contributed by atoms with Crippen molar-refractivity contribution < 1.29 is 19.4 Å². The van der Waals surface area contributed by atoms with Gasteiger partial charge in [0.25, 0.3) is 11.7 Å². The Labute approximate surface area is 177 Å². The fraction of sp³-hybridized carbons (Fsp3) is 0.375. The monoisotopic (exact) mass is 408 g/mol. The summed E-state index contributed by atoms with van der Waals surface area (Å²) in [6.07, 6.45) is 4.94. The number of ketones is 1. The molecule has 0 bridgehead atoms. The number of carbonyl (C=O) groups excluding carboxylic acids is 2. The third-order valence-electron chi connectivity index (χ3n) is 5.13. The van der Waals surface area contributed by atoms with Gasteiger partial charge >= 0.3 is 0 Å². The van der Waals surface area contributed by atoms with E-state index in [9.17, 15) is 14.7 Å². The van der Waals surface area contributed by atoms with Crippen molar-refractivity contribution in [3.63, 3.8) is 0 Å². The summed E-state index contributed by atoms with van der Waals surface area (Å²) in [7, 11) is 0. The van der Waals surface area contributed by atoms with Gasteiger partial charge in [-0.3, -0.25) is 14.6 Å². The van der Waals surface area contributed by atoms with Gasteiger partial charge in [-0.1, -0.05) is 13.3 Å². The summed E-state index contributed by atoms with van der Waals surface area (Å²) >= 11 is 0. The van der Waals surface area contributed by atoms with Crippen molar-refractivity contribution in [1.82, 2.24) is 9.88 Å². The molecular formula is C24H28N2O4. The van der Waals surface area contributed by atoms with Gasteiger partial charge in [0.05, 0.1) is 17.7 Å². The summed E-state index contributed by atoms with van der Waals surface area (Å²) in [5.74, 6) is -0.696. The van der Waals surface area contributed by atoms with E-state index < -0.39 is 17.7 Å². The van der Waals surface area contributed by atoms with Crippen molar-refractivity contribution in [2.24, 2.45) is 0 Å². The second-order valence-corrected chi connectivity index (χ2v) is 7.77. The molecule has 1 aliphatic heterocycles. The zero-order valence-corrected chi connectivity index (χ0v) is 17.9. The molecule has 2 aromatic rings. The third kappa shape index (κ3) is 4.22. The van der Waals surface area contributed by atoms with Gasteiger partial charge in [0, 0.05) is 24.5 Å². The second-order valence-electron chi connectivity index (χ2n) is 7.77. The van der Waals surface area contributed by atoms with Crippen molar-refractivity contribution in [2.75, 3.05) is 6.54 Å². The molecule has 1 N–H and O–H groups in total. The number of benzene rings is 1. The minimum absolute atomic E-state index is 0.0266. The van der Waals surface area contributed by atoms with Gasteiger partial charge < -0.3 is 14.7 Å². The number of hydrogen-bond donors (Lipinski definition) is 1.